The predicted molar refractivity (Wildman–Crippen MR) is 64.6 cm³/mol. The van der Waals surface area contributed by atoms with Gasteiger partial charge in [-0.3, -0.25) is 4.90 Å². The van der Waals surface area contributed by atoms with Crippen LogP contribution in [0.25, 0.3) is 0 Å². The fraction of sp³-hybridized carbons (Fsp3) is 1.00. The van der Waals surface area contributed by atoms with Crippen LogP contribution in [-0.2, 0) is 4.74 Å². The first-order valence-electron chi connectivity index (χ1n) is 6.99. The number of ether oxygens (including phenoxy) is 1. The molecule has 0 aromatic carbocycles. The molecule has 0 saturated carbocycles. The summed E-state index contributed by atoms with van der Waals surface area (Å²) in [6, 6.07) is 1.52. The van der Waals surface area contributed by atoms with E-state index >= 15 is 0 Å². The summed E-state index contributed by atoms with van der Waals surface area (Å²) in [5.41, 5.74) is 0. The topological polar surface area (TPSA) is 24.5 Å². The van der Waals surface area contributed by atoms with Crippen molar-refractivity contribution in [3.63, 3.8) is 0 Å². The van der Waals surface area contributed by atoms with Gasteiger partial charge in [0.05, 0.1) is 12.2 Å². The van der Waals surface area contributed by atoms with Crippen LogP contribution in [0.5, 0.6) is 0 Å². The fourth-order valence-electron chi connectivity index (χ4n) is 3.72. The molecule has 2 bridgehead atoms. The van der Waals surface area contributed by atoms with Gasteiger partial charge < -0.3 is 10.1 Å². The number of hydrogen-bond acceptors (Lipinski definition) is 3. The molecule has 0 aliphatic carbocycles. The van der Waals surface area contributed by atoms with Crippen LogP contribution in [-0.4, -0.2) is 48.8 Å². The average molecular weight is 224 g/mol. The largest absolute Gasteiger partial charge is 0.373 e. The summed E-state index contributed by atoms with van der Waals surface area (Å²) >= 11 is 0. The quantitative estimate of drug-likeness (QED) is 0.784. The molecular formula is C13H24N2O. The van der Waals surface area contributed by atoms with E-state index in [-0.39, 0.29) is 0 Å². The molecule has 3 rings (SSSR count). The molecule has 0 aromatic heterocycles. The maximum absolute atomic E-state index is 5.96. The van der Waals surface area contributed by atoms with Gasteiger partial charge in [0, 0.05) is 25.2 Å². The van der Waals surface area contributed by atoms with Gasteiger partial charge >= 0.3 is 0 Å². The van der Waals surface area contributed by atoms with E-state index in [2.05, 4.69) is 17.1 Å². The Kier molecular flexibility index (Phi) is 3.18. The van der Waals surface area contributed by atoms with Gasteiger partial charge in [0.25, 0.3) is 0 Å². The van der Waals surface area contributed by atoms with Gasteiger partial charge in [0.15, 0.2) is 0 Å². The van der Waals surface area contributed by atoms with Crippen LogP contribution in [0.3, 0.4) is 0 Å². The highest BCUT2D eigenvalue weighted by atomic mass is 16.5. The number of fused-ring (bicyclic) bond motifs is 2. The molecule has 3 unspecified atom stereocenters. The number of nitrogens with one attached hydrogen (secondary N) is 1. The lowest BCUT2D eigenvalue weighted by atomic mass is 9.92. The Labute approximate surface area is 98.5 Å². The van der Waals surface area contributed by atoms with Gasteiger partial charge in [0.1, 0.15) is 0 Å². The highest BCUT2D eigenvalue weighted by molar-refractivity contribution is 4.96. The Bertz CT molecular complexity index is 238. The van der Waals surface area contributed by atoms with E-state index in [1.165, 1.54) is 45.2 Å². The first-order valence-corrected chi connectivity index (χ1v) is 6.99. The fourth-order valence-corrected chi connectivity index (χ4v) is 3.72. The summed E-state index contributed by atoms with van der Waals surface area (Å²) in [5.74, 6) is 0. The molecule has 92 valence electrons. The molecule has 3 saturated heterocycles. The summed E-state index contributed by atoms with van der Waals surface area (Å²) in [7, 11) is 0. The van der Waals surface area contributed by atoms with Crippen molar-refractivity contribution in [1.29, 1.82) is 0 Å². The van der Waals surface area contributed by atoms with E-state index in [1.807, 2.05) is 0 Å². The maximum atomic E-state index is 5.96. The third-order valence-electron chi connectivity index (χ3n) is 4.57. The van der Waals surface area contributed by atoms with Gasteiger partial charge in [-0.25, -0.2) is 0 Å². The van der Waals surface area contributed by atoms with Gasteiger partial charge in [-0.1, -0.05) is 6.92 Å². The van der Waals surface area contributed by atoms with Crippen LogP contribution in [0, 0.1) is 0 Å². The molecule has 16 heavy (non-hydrogen) atoms. The van der Waals surface area contributed by atoms with Crippen LogP contribution in [0.2, 0.25) is 0 Å². The number of piperidine rings is 1. The van der Waals surface area contributed by atoms with E-state index in [4.69, 9.17) is 4.74 Å². The highest BCUT2D eigenvalue weighted by Crippen LogP contribution is 2.37. The molecule has 3 heteroatoms. The van der Waals surface area contributed by atoms with Crippen LogP contribution >= 0.6 is 0 Å². The zero-order chi connectivity index (χ0) is 11.0. The molecule has 0 aromatic rings. The van der Waals surface area contributed by atoms with Crippen molar-refractivity contribution in [3.8, 4) is 0 Å². The van der Waals surface area contributed by atoms with E-state index in [0.717, 1.165) is 18.6 Å². The van der Waals surface area contributed by atoms with Gasteiger partial charge in [-0.15, -0.1) is 0 Å². The van der Waals surface area contributed by atoms with Crippen molar-refractivity contribution < 1.29 is 4.74 Å². The number of likely N-dealkylation sites (tertiary alicyclic amines) is 1. The molecule has 3 aliphatic rings. The van der Waals surface area contributed by atoms with E-state index in [9.17, 15) is 0 Å². The van der Waals surface area contributed by atoms with Gasteiger partial charge in [0.2, 0.25) is 0 Å². The normalized spacial score (nSPS) is 40.7. The predicted octanol–water partition coefficient (Wildman–Crippen LogP) is 1.38. The maximum Gasteiger partial charge on any atom is 0.0735 e. The third kappa shape index (κ3) is 2.01. The Morgan fingerprint density at radius 2 is 2.00 bits per heavy atom. The highest BCUT2D eigenvalue weighted by Gasteiger charge is 2.43. The lowest BCUT2D eigenvalue weighted by Gasteiger charge is -2.38. The van der Waals surface area contributed by atoms with Gasteiger partial charge in [-0.05, 0) is 38.6 Å². The molecule has 0 amide bonds. The third-order valence-corrected chi connectivity index (χ3v) is 4.57. The minimum Gasteiger partial charge on any atom is -0.373 e. The SMILES string of the molecule is CCNC1CCN(C2CC3CCC2O3)CC1. The van der Waals surface area contributed by atoms with Crippen molar-refractivity contribution in [2.24, 2.45) is 0 Å². The molecule has 0 spiro atoms. The smallest absolute Gasteiger partial charge is 0.0735 e. The molecule has 3 nitrogen and oxygen atoms in total. The second-order valence-corrected chi connectivity index (χ2v) is 5.54. The standard InChI is InChI=1S/C13H24N2O/c1-2-14-10-5-7-15(8-6-10)12-9-11-3-4-13(12)16-11/h10-14H,2-9H2,1H3. The lowest BCUT2D eigenvalue weighted by Crippen LogP contribution is -2.49. The van der Waals surface area contributed by atoms with Crippen molar-refractivity contribution in [1.82, 2.24) is 10.2 Å². The van der Waals surface area contributed by atoms with E-state index < -0.39 is 0 Å². The second kappa shape index (κ2) is 4.63. The van der Waals surface area contributed by atoms with Crippen LogP contribution in [0.15, 0.2) is 0 Å². The first-order chi connectivity index (χ1) is 7.86. The van der Waals surface area contributed by atoms with E-state index in [0.29, 0.717) is 12.2 Å². The minimum absolute atomic E-state index is 0.570. The molecule has 3 fully saturated rings. The zero-order valence-corrected chi connectivity index (χ0v) is 10.3. The second-order valence-electron chi connectivity index (χ2n) is 5.54. The minimum atomic E-state index is 0.570. The van der Waals surface area contributed by atoms with Crippen molar-refractivity contribution in [2.45, 2.75) is 63.3 Å². The van der Waals surface area contributed by atoms with Crippen LogP contribution in [0.4, 0.5) is 0 Å². The Morgan fingerprint density at radius 3 is 2.56 bits per heavy atom. The van der Waals surface area contributed by atoms with Crippen LogP contribution in [0.1, 0.15) is 39.0 Å². The van der Waals surface area contributed by atoms with Crippen molar-refractivity contribution in [3.05, 3.63) is 0 Å². The number of rotatable bonds is 3. The van der Waals surface area contributed by atoms with Crippen LogP contribution < -0.4 is 5.32 Å². The van der Waals surface area contributed by atoms with E-state index in [1.54, 1.807) is 0 Å². The van der Waals surface area contributed by atoms with Crippen molar-refractivity contribution in [2.75, 3.05) is 19.6 Å². The van der Waals surface area contributed by atoms with Gasteiger partial charge in [-0.2, -0.15) is 0 Å². The summed E-state index contributed by atoms with van der Waals surface area (Å²) in [4.78, 5) is 2.69. The Hall–Kier alpha value is -0.120. The molecule has 3 aliphatic heterocycles. The number of nitrogens with zero attached hydrogens (tertiary/aromatic N) is 1. The molecular weight excluding hydrogens is 200 g/mol. The lowest BCUT2D eigenvalue weighted by molar-refractivity contribution is 0.0587. The first kappa shape index (κ1) is 11.0. The number of hydrogen-bond donors (Lipinski definition) is 1. The summed E-state index contributed by atoms with van der Waals surface area (Å²) in [6.07, 6.45) is 7.74. The summed E-state index contributed by atoms with van der Waals surface area (Å²) in [6.45, 7) is 5.86. The summed E-state index contributed by atoms with van der Waals surface area (Å²) < 4.78 is 5.96. The Balaban J connectivity index is 1.51. The zero-order valence-electron chi connectivity index (χ0n) is 10.3. The molecule has 3 atom stereocenters. The monoisotopic (exact) mass is 224 g/mol. The average Bonchev–Trinajstić information content (AvgIpc) is 2.92. The molecule has 0 radical (unpaired) electrons. The molecule has 1 N–H and O–H groups in total. The van der Waals surface area contributed by atoms with Crippen molar-refractivity contribution >= 4 is 0 Å². The summed E-state index contributed by atoms with van der Waals surface area (Å²) in [5, 5.41) is 3.57. The Morgan fingerprint density at radius 1 is 1.19 bits per heavy atom. The molecule has 3 heterocycles.